The molecule has 2 aromatic heterocycles. The molecule has 0 saturated heterocycles. The SMILES string of the molecule is CC(C)c1noc(CSc2nnc(-c3ccc(Br)cc3)n2CCc2ccccc2)n1. The van der Waals surface area contributed by atoms with E-state index < -0.39 is 0 Å². The number of aromatic nitrogens is 5. The van der Waals surface area contributed by atoms with E-state index in [0.717, 1.165) is 39.8 Å². The van der Waals surface area contributed by atoms with Crippen LogP contribution in [0.25, 0.3) is 11.4 Å². The van der Waals surface area contributed by atoms with Crippen molar-refractivity contribution in [2.45, 2.75) is 43.6 Å². The highest BCUT2D eigenvalue weighted by Gasteiger charge is 2.17. The van der Waals surface area contributed by atoms with Crippen LogP contribution < -0.4 is 0 Å². The van der Waals surface area contributed by atoms with Gasteiger partial charge in [0, 0.05) is 22.5 Å². The Bertz CT molecular complexity index is 1090. The second-order valence-electron chi connectivity index (χ2n) is 7.19. The van der Waals surface area contributed by atoms with Crippen LogP contribution in [0.15, 0.2) is 68.7 Å². The first-order valence-electron chi connectivity index (χ1n) is 9.78. The van der Waals surface area contributed by atoms with Crippen molar-refractivity contribution in [3.63, 3.8) is 0 Å². The summed E-state index contributed by atoms with van der Waals surface area (Å²) in [4.78, 5) is 4.46. The van der Waals surface area contributed by atoms with Gasteiger partial charge in [0.15, 0.2) is 16.8 Å². The molecule has 0 bridgehead atoms. The fourth-order valence-corrected chi connectivity index (χ4v) is 4.05. The van der Waals surface area contributed by atoms with Gasteiger partial charge in [-0.15, -0.1) is 10.2 Å². The molecule has 0 amide bonds. The molecular formula is C22H22BrN5OS. The van der Waals surface area contributed by atoms with Gasteiger partial charge in [-0.05, 0) is 24.1 Å². The van der Waals surface area contributed by atoms with Crippen molar-refractivity contribution in [1.82, 2.24) is 24.9 Å². The lowest BCUT2D eigenvalue weighted by molar-refractivity contribution is 0.382. The maximum Gasteiger partial charge on any atom is 0.237 e. The summed E-state index contributed by atoms with van der Waals surface area (Å²) in [5.74, 6) is 2.99. The monoisotopic (exact) mass is 483 g/mol. The van der Waals surface area contributed by atoms with E-state index >= 15 is 0 Å². The summed E-state index contributed by atoms with van der Waals surface area (Å²) in [6.45, 7) is 4.88. The first kappa shape index (κ1) is 20.8. The molecule has 4 aromatic rings. The van der Waals surface area contributed by atoms with Crippen LogP contribution in [0.2, 0.25) is 0 Å². The van der Waals surface area contributed by atoms with Gasteiger partial charge in [-0.1, -0.05) is 89.2 Å². The van der Waals surface area contributed by atoms with Gasteiger partial charge in [-0.2, -0.15) is 4.98 Å². The van der Waals surface area contributed by atoms with E-state index in [2.05, 4.69) is 77.2 Å². The van der Waals surface area contributed by atoms with E-state index in [1.54, 1.807) is 11.8 Å². The molecular weight excluding hydrogens is 462 g/mol. The van der Waals surface area contributed by atoms with Crippen LogP contribution in [-0.2, 0) is 18.7 Å². The maximum absolute atomic E-state index is 5.38. The Labute approximate surface area is 188 Å². The van der Waals surface area contributed by atoms with E-state index in [-0.39, 0.29) is 5.92 Å². The second kappa shape index (κ2) is 9.57. The van der Waals surface area contributed by atoms with Crippen molar-refractivity contribution in [3.05, 3.63) is 76.3 Å². The summed E-state index contributed by atoms with van der Waals surface area (Å²) in [5, 5.41) is 13.8. The van der Waals surface area contributed by atoms with E-state index in [4.69, 9.17) is 4.52 Å². The molecule has 0 aliphatic heterocycles. The molecule has 0 atom stereocenters. The van der Waals surface area contributed by atoms with Gasteiger partial charge in [0.1, 0.15) is 0 Å². The van der Waals surface area contributed by atoms with E-state index in [1.807, 2.05) is 32.0 Å². The number of rotatable bonds is 8. The third-order valence-corrected chi connectivity index (χ3v) is 6.09. The summed E-state index contributed by atoms with van der Waals surface area (Å²) in [6.07, 6.45) is 0.897. The molecule has 0 unspecified atom stereocenters. The van der Waals surface area contributed by atoms with Gasteiger partial charge in [0.25, 0.3) is 0 Å². The highest BCUT2D eigenvalue weighted by atomic mass is 79.9. The molecule has 0 fully saturated rings. The van der Waals surface area contributed by atoms with Crippen LogP contribution in [0, 0.1) is 0 Å². The molecule has 0 aliphatic rings. The topological polar surface area (TPSA) is 69.6 Å². The predicted octanol–water partition coefficient (Wildman–Crippen LogP) is 5.75. The Morgan fingerprint density at radius 3 is 2.50 bits per heavy atom. The van der Waals surface area contributed by atoms with Crippen molar-refractivity contribution in [1.29, 1.82) is 0 Å². The van der Waals surface area contributed by atoms with Crippen LogP contribution in [-0.4, -0.2) is 24.9 Å². The van der Waals surface area contributed by atoms with Crippen LogP contribution in [0.5, 0.6) is 0 Å². The minimum atomic E-state index is 0.242. The Kier molecular flexibility index (Phi) is 6.64. The molecule has 2 heterocycles. The molecule has 0 aliphatic carbocycles. The van der Waals surface area contributed by atoms with Crippen molar-refractivity contribution in [2.24, 2.45) is 0 Å². The Hall–Kier alpha value is -2.45. The first-order chi connectivity index (χ1) is 14.6. The zero-order valence-corrected chi connectivity index (χ0v) is 19.2. The number of thioether (sulfide) groups is 1. The normalized spacial score (nSPS) is 11.3. The molecule has 8 heteroatoms. The zero-order chi connectivity index (χ0) is 20.9. The third-order valence-electron chi connectivity index (χ3n) is 4.61. The third kappa shape index (κ3) is 4.99. The lowest BCUT2D eigenvalue weighted by atomic mass is 10.1. The van der Waals surface area contributed by atoms with Gasteiger partial charge in [-0.25, -0.2) is 0 Å². The number of aryl methyl sites for hydroxylation is 1. The van der Waals surface area contributed by atoms with Crippen molar-refractivity contribution in [2.75, 3.05) is 0 Å². The van der Waals surface area contributed by atoms with Crippen molar-refractivity contribution < 1.29 is 4.52 Å². The number of hydrogen-bond acceptors (Lipinski definition) is 6. The molecule has 0 radical (unpaired) electrons. The van der Waals surface area contributed by atoms with Crippen LogP contribution >= 0.6 is 27.7 Å². The number of halogens is 1. The summed E-state index contributed by atoms with van der Waals surface area (Å²) in [6, 6.07) is 18.6. The van der Waals surface area contributed by atoms with Crippen LogP contribution in [0.4, 0.5) is 0 Å². The minimum absolute atomic E-state index is 0.242. The molecule has 0 N–H and O–H groups in total. The van der Waals surface area contributed by atoms with E-state index in [0.29, 0.717) is 11.6 Å². The molecule has 0 spiro atoms. The number of nitrogens with zero attached hydrogens (tertiary/aromatic N) is 5. The molecule has 2 aromatic carbocycles. The highest BCUT2D eigenvalue weighted by Crippen LogP contribution is 2.27. The average molecular weight is 484 g/mol. The smallest absolute Gasteiger partial charge is 0.237 e. The standard InChI is InChI=1S/C22H22BrN5OS/c1-15(2)20-24-19(29-27-20)14-30-22-26-25-21(17-8-10-18(23)11-9-17)28(22)13-12-16-6-4-3-5-7-16/h3-11,15H,12-14H2,1-2H3. The van der Waals surface area contributed by atoms with Gasteiger partial charge < -0.3 is 9.09 Å². The summed E-state index contributed by atoms with van der Waals surface area (Å²) >= 11 is 5.06. The van der Waals surface area contributed by atoms with E-state index in [9.17, 15) is 0 Å². The quantitative estimate of drug-likeness (QED) is 0.297. The van der Waals surface area contributed by atoms with Gasteiger partial charge in [0.05, 0.1) is 5.75 Å². The van der Waals surface area contributed by atoms with Crippen molar-refractivity contribution >= 4 is 27.7 Å². The maximum atomic E-state index is 5.38. The Morgan fingerprint density at radius 2 is 1.80 bits per heavy atom. The largest absolute Gasteiger partial charge is 0.338 e. The van der Waals surface area contributed by atoms with Crippen molar-refractivity contribution in [3.8, 4) is 11.4 Å². The lowest BCUT2D eigenvalue weighted by Gasteiger charge is -2.10. The minimum Gasteiger partial charge on any atom is -0.338 e. The fraction of sp³-hybridized carbons (Fsp3) is 0.273. The predicted molar refractivity (Wildman–Crippen MR) is 121 cm³/mol. The number of benzene rings is 2. The molecule has 6 nitrogen and oxygen atoms in total. The second-order valence-corrected chi connectivity index (χ2v) is 9.05. The zero-order valence-electron chi connectivity index (χ0n) is 16.8. The molecule has 154 valence electrons. The molecule has 4 rings (SSSR count). The van der Waals surface area contributed by atoms with Gasteiger partial charge >= 0.3 is 0 Å². The number of hydrogen-bond donors (Lipinski definition) is 0. The van der Waals surface area contributed by atoms with Gasteiger partial charge in [0.2, 0.25) is 5.89 Å². The van der Waals surface area contributed by atoms with E-state index in [1.165, 1.54) is 5.56 Å². The summed E-state index contributed by atoms with van der Waals surface area (Å²) in [7, 11) is 0. The highest BCUT2D eigenvalue weighted by molar-refractivity contribution is 9.10. The average Bonchev–Trinajstić information content (AvgIpc) is 3.39. The summed E-state index contributed by atoms with van der Waals surface area (Å²) in [5.41, 5.74) is 2.31. The van der Waals surface area contributed by atoms with Crippen LogP contribution in [0.3, 0.4) is 0 Å². The Morgan fingerprint density at radius 1 is 1.03 bits per heavy atom. The van der Waals surface area contributed by atoms with Crippen LogP contribution in [0.1, 0.15) is 37.0 Å². The molecule has 30 heavy (non-hydrogen) atoms. The lowest BCUT2D eigenvalue weighted by Crippen LogP contribution is -2.05. The first-order valence-corrected chi connectivity index (χ1v) is 11.6. The fourth-order valence-electron chi connectivity index (χ4n) is 2.98. The molecule has 0 saturated carbocycles. The Balaban J connectivity index is 1.57. The van der Waals surface area contributed by atoms with Gasteiger partial charge in [-0.3, -0.25) is 0 Å². The summed E-state index contributed by atoms with van der Waals surface area (Å²) < 4.78 is 8.58.